The maximum absolute atomic E-state index is 13.8. The minimum Gasteiger partial charge on any atom is -0.361 e. The second-order valence-corrected chi connectivity index (χ2v) is 9.76. The van der Waals surface area contributed by atoms with Crippen LogP contribution in [0.25, 0.3) is 10.9 Å². The van der Waals surface area contributed by atoms with Crippen LogP contribution in [-0.4, -0.2) is 89.9 Å². The number of nitrogens with one attached hydrogen (secondary N) is 2. The Labute approximate surface area is 197 Å². The van der Waals surface area contributed by atoms with Crippen molar-refractivity contribution in [3.63, 3.8) is 0 Å². The standard InChI is InChI=1S/C26H39N5O2/c1-5-11-30-17-19(25(32)31(26(33)27-6-2)13-8-12-29(3)4)14-21-20-9-7-10-22-24(20)18(16-28-22)15-23(21)30/h5,7,9-10,16,19,21,23,26-28,33H,1,6,8,11-15,17H2,2-4H3/t19-,21?,23-,26?/m1/s1. The Hall–Kier alpha value is -2.19. The monoisotopic (exact) mass is 453 g/mol. The normalized spacial score (nSPS) is 23.5. The number of aromatic amines is 1. The van der Waals surface area contributed by atoms with Crippen LogP contribution in [0, 0.1) is 5.92 Å². The molecule has 0 bridgehead atoms. The van der Waals surface area contributed by atoms with E-state index < -0.39 is 6.35 Å². The number of piperidine rings is 1. The van der Waals surface area contributed by atoms with Crippen LogP contribution in [0.5, 0.6) is 0 Å². The van der Waals surface area contributed by atoms with Gasteiger partial charge in [-0.25, -0.2) is 0 Å². The minimum atomic E-state index is -0.957. The van der Waals surface area contributed by atoms with Gasteiger partial charge in [0, 0.05) is 48.7 Å². The molecule has 4 atom stereocenters. The van der Waals surface area contributed by atoms with Crippen molar-refractivity contribution < 1.29 is 9.90 Å². The largest absolute Gasteiger partial charge is 0.361 e. The molecule has 0 saturated carbocycles. The molecule has 1 aromatic carbocycles. The zero-order valence-corrected chi connectivity index (χ0v) is 20.3. The molecule has 0 spiro atoms. The lowest BCUT2D eigenvalue weighted by molar-refractivity contribution is -0.151. The quantitative estimate of drug-likeness (QED) is 0.380. The van der Waals surface area contributed by atoms with Crippen molar-refractivity contribution in [3.8, 4) is 0 Å². The zero-order valence-electron chi connectivity index (χ0n) is 20.3. The van der Waals surface area contributed by atoms with E-state index in [-0.39, 0.29) is 11.8 Å². The number of carbonyl (C=O) groups excluding carboxylic acids is 1. The number of aliphatic hydroxyl groups is 1. The van der Waals surface area contributed by atoms with Crippen molar-refractivity contribution in [2.45, 2.75) is 44.5 Å². The third-order valence-electron chi connectivity index (χ3n) is 7.26. The maximum atomic E-state index is 13.8. The lowest BCUT2D eigenvalue weighted by atomic mass is 9.72. The molecule has 33 heavy (non-hydrogen) atoms. The molecule has 0 radical (unpaired) electrons. The number of rotatable bonds is 10. The van der Waals surface area contributed by atoms with Crippen LogP contribution in [0.1, 0.15) is 36.8 Å². The predicted octanol–water partition coefficient (Wildman–Crippen LogP) is 2.35. The Morgan fingerprint density at radius 1 is 1.39 bits per heavy atom. The second-order valence-electron chi connectivity index (χ2n) is 9.76. The molecule has 3 N–H and O–H groups in total. The summed E-state index contributed by atoms with van der Waals surface area (Å²) in [6.45, 7) is 9.40. The second kappa shape index (κ2) is 10.4. The molecule has 2 aliphatic rings. The molecule has 180 valence electrons. The first-order valence-electron chi connectivity index (χ1n) is 12.2. The van der Waals surface area contributed by atoms with Crippen LogP contribution >= 0.6 is 0 Å². The molecule has 1 fully saturated rings. The van der Waals surface area contributed by atoms with E-state index >= 15 is 0 Å². The molecular weight excluding hydrogens is 414 g/mol. The van der Waals surface area contributed by atoms with Crippen molar-refractivity contribution in [2.24, 2.45) is 5.92 Å². The smallest absolute Gasteiger partial charge is 0.230 e. The molecule has 1 aromatic heterocycles. The first-order chi connectivity index (χ1) is 15.9. The maximum Gasteiger partial charge on any atom is 0.230 e. The molecule has 1 saturated heterocycles. The van der Waals surface area contributed by atoms with Crippen LogP contribution in [0.2, 0.25) is 0 Å². The highest BCUT2D eigenvalue weighted by Gasteiger charge is 2.43. The van der Waals surface area contributed by atoms with Gasteiger partial charge in [0.25, 0.3) is 0 Å². The van der Waals surface area contributed by atoms with Crippen molar-refractivity contribution in [3.05, 3.63) is 48.2 Å². The van der Waals surface area contributed by atoms with Gasteiger partial charge in [0.05, 0.1) is 5.92 Å². The summed E-state index contributed by atoms with van der Waals surface area (Å²) in [5.74, 6) is 0.177. The molecule has 2 aromatic rings. The number of fused-ring (bicyclic) bond motifs is 2. The van der Waals surface area contributed by atoms with Gasteiger partial charge in [-0.05, 0) is 63.6 Å². The molecule has 7 nitrogen and oxygen atoms in total. The molecule has 4 rings (SSSR count). The SMILES string of the molecule is C=CCN1C[C@H](C(=O)N(CCCN(C)C)C(O)NCC)CC2c3cccc4[nH]cc(c34)C[C@H]21. The van der Waals surface area contributed by atoms with E-state index in [4.69, 9.17) is 0 Å². The summed E-state index contributed by atoms with van der Waals surface area (Å²) < 4.78 is 0. The van der Waals surface area contributed by atoms with E-state index in [1.54, 1.807) is 4.90 Å². The Kier molecular flexibility index (Phi) is 7.54. The summed E-state index contributed by atoms with van der Waals surface area (Å²) >= 11 is 0. The third-order valence-corrected chi connectivity index (χ3v) is 7.26. The van der Waals surface area contributed by atoms with E-state index in [2.05, 4.69) is 51.1 Å². The first-order valence-corrected chi connectivity index (χ1v) is 12.2. The number of aliphatic hydroxyl groups excluding tert-OH is 1. The highest BCUT2D eigenvalue weighted by atomic mass is 16.3. The van der Waals surface area contributed by atoms with Crippen LogP contribution < -0.4 is 5.32 Å². The Morgan fingerprint density at radius 3 is 2.94 bits per heavy atom. The molecule has 1 amide bonds. The lowest BCUT2D eigenvalue weighted by Gasteiger charge is -2.47. The summed E-state index contributed by atoms with van der Waals surface area (Å²) in [6, 6.07) is 6.85. The summed E-state index contributed by atoms with van der Waals surface area (Å²) in [7, 11) is 4.06. The number of carbonyl (C=O) groups is 1. The fraction of sp³-hybridized carbons (Fsp3) is 0.577. The predicted molar refractivity (Wildman–Crippen MR) is 133 cm³/mol. The summed E-state index contributed by atoms with van der Waals surface area (Å²) in [5.41, 5.74) is 3.89. The Bertz CT molecular complexity index is 971. The Morgan fingerprint density at radius 2 is 2.21 bits per heavy atom. The Balaban J connectivity index is 1.61. The number of amides is 1. The van der Waals surface area contributed by atoms with Gasteiger partial charge in [0.1, 0.15) is 0 Å². The number of aromatic nitrogens is 1. The van der Waals surface area contributed by atoms with Gasteiger partial charge < -0.3 is 19.9 Å². The lowest BCUT2D eigenvalue weighted by Crippen LogP contribution is -2.57. The van der Waals surface area contributed by atoms with E-state index in [9.17, 15) is 9.90 Å². The van der Waals surface area contributed by atoms with Gasteiger partial charge in [-0.1, -0.05) is 25.1 Å². The molecule has 2 unspecified atom stereocenters. The van der Waals surface area contributed by atoms with Crippen molar-refractivity contribution >= 4 is 16.8 Å². The van der Waals surface area contributed by atoms with Crippen LogP contribution in [0.4, 0.5) is 0 Å². The number of H-pyrrole nitrogens is 1. The molecule has 1 aliphatic heterocycles. The summed E-state index contributed by atoms with van der Waals surface area (Å²) in [5, 5.41) is 15.1. The van der Waals surface area contributed by atoms with Gasteiger partial charge in [0.15, 0.2) is 6.35 Å². The fourth-order valence-electron chi connectivity index (χ4n) is 5.79. The van der Waals surface area contributed by atoms with Gasteiger partial charge in [-0.3, -0.25) is 15.0 Å². The number of hydrogen-bond acceptors (Lipinski definition) is 5. The van der Waals surface area contributed by atoms with Gasteiger partial charge in [0.2, 0.25) is 5.91 Å². The third kappa shape index (κ3) is 4.87. The van der Waals surface area contributed by atoms with Crippen LogP contribution in [0.3, 0.4) is 0 Å². The van der Waals surface area contributed by atoms with E-state index in [0.29, 0.717) is 31.6 Å². The summed E-state index contributed by atoms with van der Waals surface area (Å²) in [6.07, 6.45) is 5.75. The first kappa shape index (κ1) is 24.0. The number of nitrogens with zero attached hydrogens (tertiary/aromatic N) is 3. The highest BCUT2D eigenvalue weighted by molar-refractivity contribution is 5.88. The fourth-order valence-corrected chi connectivity index (χ4v) is 5.79. The topological polar surface area (TPSA) is 74.8 Å². The van der Waals surface area contributed by atoms with Crippen molar-refractivity contribution in [1.82, 2.24) is 25.0 Å². The van der Waals surface area contributed by atoms with E-state index in [1.807, 2.05) is 27.1 Å². The van der Waals surface area contributed by atoms with Crippen LogP contribution in [-0.2, 0) is 11.2 Å². The molecule has 1 aliphatic carbocycles. The number of benzene rings is 1. The van der Waals surface area contributed by atoms with Gasteiger partial charge in [-0.15, -0.1) is 6.58 Å². The number of hydrogen-bond donors (Lipinski definition) is 3. The zero-order chi connectivity index (χ0) is 23.5. The molecule has 7 heteroatoms. The molecule has 2 heterocycles. The van der Waals surface area contributed by atoms with E-state index in [0.717, 1.165) is 32.4 Å². The highest BCUT2D eigenvalue weighted by Crippen LogP contribution is 2.45. The average molecular weight is 454 g/mol. The summed E-state index contributed by atoms with van der Waals surface area (Å²) in [4.78, 5) is 23.4. The van der Waals surface area contributed by atoms with E-state index in [1.165, 1.54) is 22.0 Å². The van der Waals surface area contributed by atoms with Gasteiger partial charge >= 0.3 is 0 Å². The van der Waals surface area contributed by atoms with Crippen molar-refractivity contribution in [2.75, 3.05) is 46.8 Å². The van der Waals surface area contributed by atoms with Crippen LogP contribution in [0.15, 0.2) is 37.1 Å². The minimum absolute atomic E-state index is 0.0433. The number of likely N-dealkylation sites (tertiary alicyclic amines) is 1. The molecular formula is C26H39N5O2. The van der Waals surface area contributed by atoms with Crippen molar-refractivity contribution in [1.29, 1.82) is 0 Å². The average Bonchev–Trinajstić information content (AvgIpc) is 3.21. The van der Waals surface area contributed by atoms with Gasteiger partial charge in [-0.2, -0.15) is 0 Å².